The molecule has 2 aromatic rings. The Morgan fingerprint density at radius 1 is 1.04 bits per heavy atom. The van der Waals surface area contributed by atoms with Crippen molar-refractivity contribution in [1.82, 2.24) is 9.63 Å². The third-order valence-electron chi connectivity index (χ3n) is 4.10. The van der Waals surface area contributed by atoms with Crippen molar-refractivity contribution in [2.75, 3.05) is 26.9 Å². The molecule has 28 heavy (non-hydrogen) atoms. The van der Waals surface area contributed by atoms with Crippen LogP contribution in [0.5, 0.6) is 0 Å². The van der Waals surface area contributed by atoms with Gasteiger partial charge in [-0.2, -0.15) is 0 Å². The van der Waals surface area contributed by atoms with Gasteiger partial charge in [0, 0.05) is 30.2 Å². The van der Waals surface area contributed by atoms with Crippen molar-refractivity contribution in [1.29, 1.82) is 0 Å². The molecule has 0 aliphatic carbocycles. The Balaban J connectivity index is 0.000000416. The number of hydrogen-bond donors (Lipinski definition) is 5. The maximum absolute atomic E-state index is 11.2. The molecule has 0 saturated heterocycles. The molecule has 8 nitrogen and oxygen atoms in total. The number of aliphatic hydroxyl groups is 3. The molecule has 1 amide bonds. The normalized spacial score (nSPS) is 11.3. The van der Waals surface area contributed by atoms with E-state index < -0.39 is 31.3 Å². The molecule has 1 aromatic carbocycles. The predicted octanol–water partition coefficient (Wildman–Crippen LogP) is 0.616. The van der Waals surface area contributed by atoms with Crippen molar-refractivity contribution in [3.63, 3.8) is 0 Å². The first-order valence-corrected chi connectivity index (χ1v) is 8.69. The summed E-state index contributed by atoms with van der Waals surface area (Å²) in [5.74, 6) is -0.453. The first-order valence-electron chi connectivity index (χ1n) is 8.69. The number of hydrogen-bond acceptors (Lipinski definition) is 6. The van der Waals surface area contributed by atoms with Gasteiger partial charge in [0.1, 0.15) is 0 Å². The summed E-state index contributed by atoms with van der Waals surface area (Å²) in [5, 5.41) is 34.5. The van der Waals surface area contributed by atoms with Gasteiger partial charge >= 0.3 is 0 Å². The summed E-state index contributed by atoms with van der Waals surface area (Å²) in [5.41, 5.74) is 8.30. The van der Waals surface area contributed by atoms with Crippen LogP contribution in [0.25, 0.3) is 11.8 Å². The quantitative estimate of drug-likeness (QED) is 0.279. The molecule has 0 radical (unpaired) electrons. The van der Waals surface area contributed by atoms with Gasteiger partial charge in [-0.3, -0.25) is 10.0 Å². The van der Waals surface area contributed by atoms with E-state index in [9.17, 15) is 4.79 Å². The lowest BCUT2D eigenvalue weighted by Crippen LogP contribution is -2.50. The van der Waals surface area contributed by atoms with Crippen LogP contribution in [0.2, 0.25) is 0 Å². The van der Waals surface area contributed by atoms with E-state index in [0.29, 0.717) is 5.06 Å². The molecule has 0 fully saturated rings. The van der Waals surface area contributed by atoms with E-state index in [0.717, 1.165) is 11.3 Å². The SMILES string of the molecule is Cc1ccc(C)n1-c1ccc(/C=C/C(=O)N(C)O)cc1.NC(CO)(CO)CO. The minimum Gasteiger partial charge on any atom is -0.394 e. The Hall–Kier alpha value is -2.49. The number of carbonyl (C=O) groups is 1. The average molecular weight is 391 g/mol. The van der Waals surface area contributed by atoms with Crippen molar-refractivity contribution in [2.45, 2.75) is 19.4 Å². The number of nitrogens with zero attached hydrogens (tertiary/aromatic N) is 2. The molecule has 8 heteroatoms. The highest BCUT2D eigenvalue weighted by molar-refractivity contribution is 5.90. The van der Waals surface area contributed by atoms with E-state index in [1.807, 2.05) is 24.3 Å². The van der Waals surface area contributed by atoms with Crippen molar-refractivity contribution < 1.29 is 25.3 Å². The first-order chi connectivity index (χ1) is 13.2. The maximum Gasteiger partial charge on any atom is 0.269 e. The largest absolute Gasteiger partial charge is 0.394 e. The van der Waals surface area contributed by atoms with Gasteiger partial charge in [0.2, 0.25) is 0 Å². The molecule has 1 heterocycles. The lowest BCUT2D eigenvalue weighted by Gasteiger charge is -2.20. The second-order valence-electron chi connectivity index (χ2n) is 6.57. The summed E-state index contributed by atoms with van der Waals surface area (Å²) in [6.07, 6.45) is 3.01. The lowest BCUT2D eigenvalue weighted by molar-refractivity contribution is -0.153. The molecule has 0 unspecified atom stereocenters. The Morgan fingerprint density at radius 3 is 1.86 bits per heavy atom. The molecule has 2 rings (SSSR count). The predicted molar refractivity (Wildman–Crippen MR) is 107 cm³/mol. The maximum atomic E-state index is 11.2. The third-order valence-corrected chi connectivity index (χ3v) is 4.10. The summed E-state index contributed by atoms with van der Waals surface area (Å²) < 4.78 is 2.17. The van der Waals surface area contributed by atoms with Crippen LogP contribution in [0.3, 0.4) is 0 Å². The van der Waals surface area contributed by atoms with Crippen LogP contribution < -0.4 is 5.73 Å². The van der Waals surface area contributed by atoms with Gasteiger partial charge in [-0.05, 0) is 49.8 Å². The molecular weight excluding hydrogens is 362 g/mol. The van der Waals surface area contributed by atoms with Gasteiger partial charge in [-0.15, -0.1) is 0 Å². The minimum absolute atomic E-state index is 0.403. The number of rotatable bonds is 6. The number of aliphatic hydroxyl groups excluding tert-OH is 3. The van der Waals surface area contributed by atoms with Crippen molar-refractivity contribution in [3.05, 3.63) is 59.4 Å². The van der Waals surface area contributed by atoms with Gasteiger partial charge in [0.25, 0.3) is 5.91 Å². The van der Waals surface area contributed by atoms with E-state index >= 15 is 0 Å². The highest BCUT2D eigenvalue weighted by Gasteiger charge is 2.20. The monoisotopic (exact) mass is 391 g/mol. The summed E-state index contributed by atoms with van der Waals surface area (Å²) in [6, 6.07) is 12.1. The van der Waals surface area contributed by atoms with E-state index in [4.69, 9.17) is 26.3 Å². The van der Waals surface area contributed by atoms with Gasteiger partial charge in [-0.25, -0.2) is 5.06 Å². The second kappa shape index (κ2) is 10.7. The molecule has 0 saturated carbocycles. The topological polar surface area (TPSA) is 132 Å². The summed E-state index contributed by atoms with van der Waals surface area (Å²) in [7, 11) is 1.30. The zero-order chi connectivity index (χ0) is 21.3. The van der Waals surface area contributed by atoms with Gasteiger partial charge in [-0.1, -0.05) is 12.1 Å². The fourth-order valence-corrected chi connectivity index (χ4v) is 2.24. The van der Waals surface area contributed by atoms with Crippen LogP contribution in [0.1, 0.15) is 17.0 Å². The molecule has 6 N–H and O–H groups in total. The van der Waals surface area contributed by atoms with Crippen LogP contribution >= 0.6 is 0 Å². The molecule has 0 spiro atoms. The van der Waals surface area contributed by atoms with Crippen LogP contribution in [0, 0.1) is 13.8 Å². The molecule has 1 aromatic heterocycles. The molecule has 154 valence electrons. The highest BCUT2D eigenvalue weighted by Crippen LogP contribution is 2.17. The van der Waals surface area contributed by atoms with E-state index in [-0.39, 0.29) is 0 Å². The van der Waals surface area contributed by atoms with Gasteiger partial charge in [0.05, 0.1) is 25.4 Å². The Kier molecular flexibility index (Phi) is 9.04. The number of benzene rings is 1. The van der Waals surface area contributed by atoms with Crippen LogP contribution in [0.15, 0.2) is 42.5 Å². The second-order valence-corrected chi connectivity index (χ2v) is 6.57. The zero-order valence-electron chi connectivity index (χ0n) is 16.4. The molecule has 0 bridgehead atoms. The Labute approximate surface area is 164 Å². The minimum atomic E-state index is -1.21. The van der Waals surface area contributed by atoms with Crippen molar-refractivity contribution in [3.8, 4) is 5.69 Å². The highest BCUT2D eigenvalue weighted by atomic mass is 16.5. The number of amides is 1. The van der Waals surface area contributed by atoms with Crippen LogP contribution in [-0.2, 0) is 4.79 Å². The Bertz CT molecular complexity index is 750. The molecule has 0 atom stereocenters. The number of aromatic nitrogens is 1. The summed E-state index contributed by atoms with van der Waals surface area (Å²) >= 11 is 0. The summed E-state index contributed by atoms with van der Waals surface area (Å²) in [6.45, 7) is 2.92. The number of aryl methyl sites for hydroxylation is 2. The van der Waals surface area contributed by atoms with Gasteiger partial charge < -0.3 is 25.6 Å². The third kappa shape index (κ3) is 6.59. The zero-order valence-corrected chi connectivity index (χ0v) is 16.4. The fraction of sp³-hybridized carbons (Fsp3) is 0.350. The number of carbonyl (C=O) groups excluding carboxylic acids is 1. The first kappa shape index (κ1) is 23.5. The number of likely N-dealkylation sites (N-methyl/N-ethyl adjacent to an activating group) is 1. The summed E-state index contributed by atoms with van der Waals surface area (Å²) in [4.78, 5) is 11.2. The Morgan fingerprint density at radius 2 is 1.50 bits per heavy atom. The van der Waals surface area contributed by atoms with Crippen LogP contribution in [0.4, 0.5) is 0 Å². The fourth-order valence-electron chi connectivity index (χ4n) is 2.24. The van der Waals surface area contributed by atoms with Crippen molar-refractivity contribution >= 4 is 12.0 Å². The van der Waals surface area contributed by atoms with E-state index in [2.05, 4.69) is 30.5 Å². The van der Waals surface area contributed by atoms with E-state index in [1.165, 1.54) is 24.5 Å². The number of hydroxylamine groups is 2. The molecule has 0 aliphatic rings. The molecular formula is C20H29N3O5. The van der Waals surface area contributed by atoms with E-state index in [1.54, 1.807) is 6.08 Å². The standard InChI is InChI=1S/C16H18N2O2.C4H11NO3/c1-12-4-5-13(2)18(12)15-9-6-14(7-10-15)8-11-16(19)17(3)20;5-4(1-6,2-7)3-8/h4-11,20H,1-3H3;6-8H,1-3,5H2/b11-8+;. The average Bonchev–Trinajstić information content (AvgIpc) is 3.04. The smallest absolute Gasteiger partial charge is 0.269 e. The lowest BCUT2D eigenvalue weighted by atomic mass is 10.1. The van der Waals surface area contributed by atoms with Gasteiger partial charge in [0.15, 0.2) is 0 Å². The van der Waals surface area contributed by atoms with Crippen molar-refractivity contribution in [2.24, 2.45) is 5.73 Å². The molecule has 0 aliphatic heterocycles. The van der Waals surface area contributed by atoms with Crippen LogP contribution in [-0.4, -0.2) is 68.5 Å². The number of nitrogens with two attached hydrogens (primary N) is 1.